The van der Waals surface area contributed by atoms with Crippen LogP contribution in [0.1, 0.15) is 21.5 Å². The fourth-order valence-corrected chi connectivity index (χ4v) is 2.20. The maximum absolute atomic E-state index is 12.1. The molecule has 0 radical (unpaired) electrons. The third kappa shape index (κ3) is 4.39. The summed E-state index contributed by atoms with van der Waals surface area (Å²) in [4.78, 5) is 26.2. The Morgan fingerprint density at radius 3 is 2.04 bits per heavy atom. The second-order valence-corrected chi connectivity index (χ2v) is 5.38. The van der Waals surface area contributed by atoms with E-state index >= 15 is 0 Å². The van der Waals surface area contributed by atoms with Gasteiger partial charge in [-0.25, -0.2) is 4.79 Å². The van der Waals surface area contributed by atoms with Crippen LogP contribution in [0, 0.1) is 10.1 Å². The van der Waals surface area contributed by atoms with E-state index < -0.39 is 10.9 Å². The molecule has 0 spiro atoms. The summed E-state index contributed by atoms with van der Waals surface area (Å²) < 4.78 is 5.28. The lowest BCUT2D eigenvalue weighted by Gasteiger charge is -2.04. The second-order valence-electron chi connectivity index (χ2n) is 5.38. The number of nitro benzene ring substituents is 1. The third-order valence-corrected chi connectivity index (χ3v) is 3.58. The molecule has 6 nitrogen and oxygen atoms in total. The van der Waals surface area contributed by atoms with Gasteiger partial charge in [-0.3, -0.25) is 15.1 Å². The standard InChI is InChI=1S/C20H14N2O4/c23-20(17-5-7-18(8-6-17)22(24)25)26-19-9-3-15(4-10-19)1-2-16-11-13-21-14-12-16/h1-14H/b2-1+. The van der Waals surface area contributed by atoms with Crippen LogP contribution in [0.3, 0.4) is 0 Å². The van der Waals surface area contributed by atoms with Crippen molar-refractivity contribution in [2.24, 2.45) is 0 Å². The molecule has 1 aromatic heterocycles. The minimum absolute atomic E-state index is 0.0770. The summed E-state index contributed by atoms with van der Waals surface area (Å²) >= 11 is 0. The number of aromatic nitrogens is 1. The minimum Gasteiger partial charge on any atom is -0.423 e. The minimum atomic E-state index is -0.569. The summed E-state index contributed by atoms with van der Waals surface area (Å²) in [5.74, 6) is -0.172. The van der Waals surface area contributed by atoms with Crippen molar-refractivity contribution in [3.8, 4) is 5.75 Å². The number of carbonyl (C=O) groups excluding carboxylic acids is 1. The first kappa shape index (κ1) is 17.0. The highest BCUT2D eigenvalue weighted by molar-refractivity contribution is 5.91. The van der Waals surface area contributed by atoms with Crippen molar-refractivity contribution in [2.75, 3.05) is 0 Å². The van der Waals surface area contributed by atoms with Gasteiger partial charge in [0.1, 0.15) is 5.75 Å². The molecule has 0 saturated carbocycles. The van der Waals surface area contributed by atoms with E-state index in [2.05, 4.69) is 4.98 Å². The van der Waals surface area contributed by atoms with E-state index in [0.29, 0.717) is 5.75 Å². The van der Waals surface area contributed by atoms with Crippen LogP contribution >= 0.6 is 0 Å². The van der Waals surface area contributed by atoms with Crippen LogP contribution in [-0.4, -0.2) is 15.9 Å². The average molecular weight is 346 g/mol. The number of ether oxygens (including phenoxy) is 1. The lowest BCUT2D eigenvalue weighted by Crippen LogP contribution is -2.08. The van der Waals surface area contributed by atoms with E-state index in [0.717, 1.165) is 11.1 Å². The monoisotopic (exact) mass is 346 g/mol. The number of benzene rings is 2. The van der Waals surface area contributed by atoms with Crippen molar-refractivity contribution < 1.29 is 14.5 Å². The molecule has 6 heteroatoms. The first-order valence-corrected chi connectivity index (χ1v) is 7.76. The van der Waals surface area contributed by atoms with E-state index in [1.807, 2.05) is 36.4 Å². The van der Waals surface area contributed by atoms with E-state index in [1.54, 1.807) is 24.5 Å². The molecular weight excluding hydrogens is 332 g/mol. The Morgan fingerprint density at radius 2 is 1.46 bits per heavy atom. The normalized spacial score (nSPS) is 10.6. The molecule has 128 valence electrons. The maximum Gasteiger partial charge on any atom is 0.343 e. The first-order valence-electron chi connectivity index (χ1n) is 7.76. The molecule has 3 rings (SSSR count). The van der Waals surface area contributed by atoms with Crippen LogP contribution in [0.25, 0.3) is 12.2 Å². The molecule has 0 aliphatic carbocycles. The van der Waals surface area contributed by atoms with Crippen LogP contribution in [0.4, 0.5) is 5.69 Å². The van der Waals surface area contributed by atoms with Crippen molar-refractivity contribution in [3.63, 3.8) is 0 Å². The Balaban J connectivity index is 1.64. The number of carbonyl (C=O) groups is 1. The fourth-order valence-electron chi connectivity index (χ4n) is 2.20. The van der Waals surface area contributed by atoms with Gasteiger partial charge in [-0.1, -0.05) is 24.3 Å². The smallest absolute Gasteiger partial charge is 0.343 e. The SMILES string of the molecule is O=C(Oc1ccc(/C=C/c2ccncc2)cc1)c1ccc([N+](=O)[O-])cc1. The van der Waals surface area contributed by atoms with Gasteiger partial charge in [0.2, 0.25) is 0 Å². The zero-order valence-corrected chi connectivity index (χ0v) is 13.6. The highest BCUT2D eigenvalue weighted by Gasteiger charge is 2.11. The Bertz CT molecular complexity index is 934. The van der Waals surface area contributed by atoms with Gasteiger partial charge in [-0.15, -0.1) is 0 Å². The summed E-state index contributed by atoms with van der Waals surface area (Å²) in [5, 5.41) is 10.6. The molecule has 26 heavy (non-hydrogen) atoms. The van der Waals surface area contributed by atoms with Gasteiger partial charge < -0.3 is 4.74 Å². The van der Waals surface area contributed by atoms with Gasteiger partial charge >= 0.3 is 5.97 Å². The molecule has 0 N–H and O–H groups in total. The predicted molar refractivity (Wildman–Crippen MR) is 97.7 cm³/mol. The van der Waals surface area contributed by atoms with Crippen molar-refractivity contribution in [3.05, 3.63) is 99.9 Å². The molecule has 3 aromatic rings. The molecule has 0 aliphatic rings. The number of esters is 1. The number of hydrogen-bond donors (Lipinski definition) is 0. The van der Waals surface area contributed by atoms with Gasteiger partial charge in [0, 0.05) is 24.5 Å². The zero-order valence-electron chi connectivity index (χ0n) is 13.6. The summed E-state index contributed by atoms with van der Waals surface area (Å²) in [7, 11) is 0. The van der Waals surface area contributed by atoms with Crippen molar-refractivity contribution in [1.29, 1.82) is 0 Å². The van der Waals surface area contributed by atoms with Gasteiger partial charge in [-0.2, -0.15) is 0 Å². The van der Waals surface area contributed by atoms with Gasteiger partial charge in [0.15, 0.2) is 0 Å². The molecule has 0 aliphatic heterocycles. The number of rotatable bonds is 5. The Morgan fingerprint density at radius 1 is 0.885 bits per heavy atom. The quantitative estimate of drug-likeness (QED) is 0.296. The summed E-state index contributed by atoms with van der Waals surface area (Å²) in [6, 6.07) is 16.1. The van der Waals surface area contributed by atoms with Crippen molar-refractivity contribution in [1.82, 2.24) is 4.98 Å². The van der Waals surface area contributed by atoms with Crippen LogP contribution in [0.5, 0.6) is 5.75 Å². The summed E-state index contributed by atoms with van der Waals surface area (Å²) in [5.41, 5.74) is 2.16. The van der Waals surface area contributed by atoms with Crippen LogP contribution in [-0.2, 0) is 0 Å². The van der Waals surface area contributed by atoms with Gasteiger partial charge in [0.25, 0.3) is 5.69 Å². The third-order valence-electron chi connectivity index (χ3n) is 3.58. The molecule has 0 amide bonds. The van der Waals surface area contributed by atoms with Crippen LogP contribution in [0.2, 0.25) is 0 Å². The highest BCUT2D eigenvalue weighted by atomic mass is 16.6. The molecular formula is C20H14N2O4. The molecule has 0 bridgehead atoms. The first-order chi connectivity index (χ1) is 12.6. The number of non-ortho nitro benzene ring substituents is 1. The summed E-state index contributed by atoms with van der Waals surface area (Å²) in [6.45, 7) is 0. The molecule has 2 aromatic carbocycles. The lowest BCUT2D eigenvalue weighted by molar-refractivity contribution is -0.384. The average Bonchev–Trinajstić information content (AvgIpc) is 2.68. The van der Waals surface area contributed by atoms with Crippen LogP contribution < -0.4 is 4.74 Å². The largest absolute Gasteiger partial charge is 0.423 e. The lowest BCUT2D eigenvalue weighted by atomic mass is 10.1. The van der Waals surface area contributed by atoms with Crippen LogP contribution in [0.15, 0.2) is 73.1 Å². The Hall–Kier alpha value is -3.80. The Labute approximate surface area is 149 Å². The van der Waals surface area contributed by atoms with E-state index in [9.17, 15) is 14.9 Å². The number of nitro groups is 1. The van der Waals surface area contributed by atoms with Crippen molar-refractivity contribution >= 4 is 23.8 Å². The summed E-state index contributed by atoms with van der Waals surface area (Å²) in [6.07, 6.45) is 7.34. The predicted octanol–water partition coefficient (Wildman–Crippen LogP) is 4.38. The second kappa shape index (κ2) is 7.85. The number of pyridine rings is 1. The fraction of sp³-hybridized carbons (Fsp3) is 0. The number of hydrogen-bond acceptors (Lipinski definition) is 5. The zero-order chi connectivity index (χ0) is 18.4. The van der Waals surface area contributed by atoms with E-state index in [1.165, 1.54) is 24.3 Å². The highest BCUT2D eigenvalue weighted by Crippen LogP contribution is 2.17. The molecule has 0 unspecified atom stereocenters. The molecule has 0 fully saturated rings. The van der Waals surface area contributed by atoms with E-state index in [4.69, 9.17) is 4.74 Å². The molecule has 0 atom stereocenters. The van der Waals surface area contributed by atoms with E-state index in [-0.39, 0.29) is 11.3 Å². The Kier molecular flexibility index (Phi) is 5.14. The van der Waals surface area contributed by atoms with Gasteiger partial charge in [-0.05, 0) is 47.5 Å². The molecule has 0 saturated heterocycles. The number of nitrogens with zero attached hydrogens (tertiary/aromatic N) is 2. The van der Waals surface area contributed by atoms with Gasteiger partial charge in [0.05, 0.1) is 10.5 Å². The maximum atomic E-state index is 12.1. The topological polar surface area (TPSA) is 82.3 Å². The molecule has 1 heterocycles. The van der Waals surface area contributed by atoms with Crippen molar-refractivity contribution in [2.45, 2.75) is 0 Å².